The van der Waals surface area contributed by atoms with Gasteiger partial charge in [0.15, 0.2) is 0 Å². The third kappa shape index (κ3) is 3.22. The molecule has 1 saturated carbocycles. The van der Waals surface area contributed by atoms with E-state index in [2.05, 4.69) is 24.3 Å². The lowest BCUT2D eigenvalue weighted by molar-refractivity contribution is 0.0882. The van der Waals surface area contributed by atoms with Gasteiger partial charge in [0.2, 0.25) is 0 Å². The minimum atomic E-state index is 0.0378. The number of aromatic nitrogens is 2. The van der Waals surface area contributed by atoms with Gasteiger partial charge in [-0.25, -0.2) is 0 Å². The van der Waals surface area contributed by atoms with Gasteiger partial charge in [-0.15, -0.1) is 0 Å². The maximum Gasteiger partial charge on any atom is 0.254 e. The minimum absolute atomic E-state index is 0.0378. The molecule has 4 heteroatoms. The van der Waals surface area contributed by atoms with Crippen molar-refractivity contribution in [1.29, 1.82) is 0 Å². The van der Waals surface area contributed by atoms with E-state index in [1.807, 2.05) is 20.2 Å². The Labute approximate surface area is 121 Å². The van der Waals surface area contributed by atoms with Gasteiger partial charge < -0.3 is 5.32 Å². The number of amides is 1. The first-order valence-electron chi connectivity index (χ1n) is 7.84. The maximum atomic E-state index is 12.4. The lowest BCUT2D eigenvalue weighted by atomic mass is 9.76. The van der Waals surface area contributed by atoms with Crippen LogP contribution in [0.2, 0.25) is 0 Å². The zero-order valence-electron chi connectivity index (χ0n) is 13.1. The molecule has 1 N–H and O–H groups in total. The second kappa shape index (κ2) is 6.42. The molecule has 0 spiro atoms. The highest BCUT2D eigenvalue weighted by Gasteiger charge is 2.30. The van der Waals surface area contributed by atoms with E-state index in [9.17, 15) is 4.79 Å². The molecule has 1 aromatic heterocycles. The van der Waals surface area contributed by atoms with E-state index in [1.54, 1.807) is 4.68 Å². The van der Waals surface area contributed by atoms with Crippen molar-refractivity contribution in [3.8, 4) is 0 Å². The zero-order valence-corrected chi connectivity index (χ0v) is 13.1. The highest BCUT2D eigenvalue weighted by atomic mass is 16.1. The van der Waals surface area contributed by atoms with Crippen LogP contribution in [-0.4, -0.2) is 21.7 Å². The molecule has 1 aliphatic carbocycles. The number of aryl methyl sites for hydroxylation is 2. The van der Waals surface area contributed by atoms with Crippen molar-refractivity contribution in [2.75, 3.05) is 0 Å². The van der Waals surface area contributed by atoms with Gasteiger partial charge in [0.1, 0.15) is 0 Å². The van der Waals surface area contributed by atoms with E-state index in [0.29, 0.717) is 23.4 Å². The van der Waals surface area contributed by atoms with Gasteiger partial charge in [-0.1, -0.05) is 33.1 Å². The lowest BCUT2D eigenvalue weighted by Crippen LogP contribution is -2.44. The normalized spacial score (nSPS) is 24.4. The number of nitrogens with zero attached hydrogens (tertiary/aromatic N) is 2. The molecule has 112 valence electrons. The predicted molar refractivity (Wildman–Crippen MR) is 80.6 cm³/mol. The SMILES string of the molecule is CCC(C)C1CCCCC1NC(=O)c1cn(C)nc1C. The van der Waals surface area contributed by atoms with Crippen molar-refractivity contribution >= 4 is 5.91 Å². The van der Waals surface area contributed by atoms with Crippen LogP contribution in [0.4, 0.5) is 0 Å². The topological polar surface area (TPSA) is 46.9 Å². The fraction of sp³-hybridized carbons (Fsp3) is 0.750. The summed E-state index contributed by atoms with van der Waals surface area (Å²) >= 11 is 0. The summed E-state index contributed by atoms with van der Waals surface area (Å²) in [5.74, 6) is 1.33. The first-order valence-corrected chi connectivity index (χ1v) is 7.84. The molecule has 0 aliphatic heterocycles. The van der Waals surface area contributed by atoms with Gasteiger partial charge in [-0.2, -0.15) is 5.10 Å². The molecular formula is C16H27N3O. The molecule has 1 aliphatic rings. The van der Waals surface area contributed by atoms with Crippen molar-refractivity contribution in [3.05, 3.63) is 17.5 Å². The third-order valence-electron chi connectivity index (χ3n) is 4.77. The van der Waals surface area contributed by atoms with Crippen LogP contribution >= 0.6 is 0 Å². The quantitative estimate of drug-likeness (QED) is 0.919. The van der Waals surface area contributed by atoms with E-state index in [4.69, 9.17) is 0 Å². The third-order valence-corrected chi connectivity index (χ3v) is 4.77. The van der Waals surface area contributed by atoms with Crippen LogP contribution in [0.5, 0.6) is 0 Å². The molecule has 3 atom stereocenters. The van der Waals surface area contributed by atoms with Crippen LogP contribution in [-0.2, 0) is 7.05 Å². The summed E-state index contributed by atoms with van der Waals surface area (Å²) in [5.41, 5.74) is 1.52. The molecule has 0 saturated heterocycles. The maximum absolute atomic E-state index is 12.4. The van der Waals surface area contributed by atoms with Gasteiger partial charge in [0, 0.05) is 19.3 Å². The highest BCUT2D eigenvalue weighted by molar-refractivity contribution is 5.95. The Kier molecular flexibility index (Phi) is 4.84. The van der Waals surface area contributed by atoms with Crippen molar-refractivity contribution in [2.24, 2.45) is 18.9 Å². The van der Waals surface area contributed by atoms with Crippen LogP contribution in [0.25, 0.3) is 0 Å². The molecule has 0 radical (unpaired) electrons. The second-order valence-electron chi connectivity index (χ2n) is 6.22. The van der Waals surface area contributed by atoms with E-state index in [-0.39, 0.29) is 5.91 Å². The van der Waals surface area contributed by atoms with Crippen molar-refractivity contribution in [2.45, 2.75) is 58.9 Å². The van der Waals surface area contributed by atoms with Crippen molar-refractivity contribution < 1.29 is 4.79 Å². The Morgan fingerprint density at radius 2 is 2.20 bits per heavy atom. The predicted octanol–water partition coefficient (Wildman–Crippen LogP) is 3.06. The van der Waals surface area contributed by atoms with E-state index >= 15 is 0 Å². The van der Waals surface area contributed by atoms with E-state index in [1.165, 1.54) is 25.7 Å². The number of hydrogen-bond donors (Lipinski definition) is 1. The Hall–Kier alpha value is -1.32. The number of nitrogens with one attached hydrogen (secondary N) is 1. The fourth-order valence-corrected chi connectivity index (χ4v) is 3.39. The smallest absolute Gasteiger partial charge is 0.254 e. The number of carbonyl (C=O) groups excluding carboxylic acids is 1. The average molecular weight is 277 g/mol. The van der Waals surface area contributed by atoms with Crippen LogP contribution in [0, 0.1) is 18.8 Å². The largest absolute Gasteiger partial charge is 0.349 e. The van der Waals surface area contributed by atoms with Crippen molar-refractivity contribution in [1.82, 2.24) is 15.1 Å². The Morgan fingerprint density at radius 3 is 2.80 bits per heavy atom. The lowest BCUT2D eigenvalue weighted by Gasteiger charge is -2.35. The summed E-state index contributed by atoms with van der Waals surface area (Å²) in [4.78, 5) is 12.4. The molecule has 0 aromatic carbocycles. The molecule has 4 nitrogen and oxygen atoms in total. The van der Waals surface area contributed by atoms with Gasteiger partial charge in [0.05, 0.1) is 11.3 Å². The summed E-state index contributed by atoms with van der Waals surface area (Å²) in [6.45, 7) is 6.44. The number of hydrogen-bond acceptors (Lipinski definition) is 2. The Bertz CT molecular complexity index is 466. The fourth-order valence-electron chi connectivity index (χ4n) is 3.39. The minimum Gasteiger partial charge on any atom is -0.349 e. The summed E-state index contributed by atoms with van der Waals surface area (Å²) in [6, 6.07) is 0.325. The standard InChI is InChI=1S/C16H27N3O/c1-5-11(2)13-8-6-7-9-15(13)17-16(20)14-10-19(4)18-12(14)3/h10-11,13,15H,5-9H2,1-4H3,(H,17,20). The number of rotatable bonds is 4. The van der Waals surface area contributed by atoms with Gasteiger partial charge in [0.25, 0.3) is 5.91 Å². The van der Waals surface area contributed by atoms with E-state index in [0.717, 1.165) is 12.1 Å². The molecular weight excluding hydrogens is 250 g/mol. The molecule has 20 heavy (non-hydrogen) atoms. The molecule has 3 unspecified atom stereocenters. The van der Waals surface area contributed by atoms with Crippen LogP contribution in [0.15, 0.2) is 6.20 Å². The summed E-state index contributed by atoms with van der Waals surface area (Å²) < 4.78 is 1.71. The van der Waals surface area contributed by atoms with Crippen LogP contribution < -0.4 is 5.32 Å². The average Bonchev–Trinajstić information content (AvgIpc) is 2.77. The molecule has 1 amide bonds. The Morgan fingerprint density at radius 1 is 1.50 bits per heavy atom. The summed E-state index contributed by atoms with van der Waals surface area (Å²) in [6.07, 6.45) is 7.87. The summed E-state index contributed by atoms with van der Waals surface area (Å²) in [5, 5.41) is 7.51. The molecule has 1 aromatic rings. The Balaban J connectivity index is 2.07. The van der Waals surface area contributed by atoms with Gasteiger partial charge >= 0.3 is 0 Å². The van der Waals surface area contributed by atoms with E-state index < -0.39 is 0 Å². The van der Waals surface area contributed by atoms with Gasteiger partial charge in [-0.3, -0.25) is 9.48 Å². The first-order chi connectivity index (χ1) is 9.52. The first kappa shape index (κ1) is 15.1. The highest BCUT2D eigenvalue weighted by Crippen LogP contribution is 2.32. The van der Waals surface area contributed by atoms with Crippen LogP contribution in [0.1, 0.15) is 62.0 Å². The molecule has 2 rings (SSSR count). The molecule has 0 bridgehead atoms. The zero-order chi connectivity index (χ0) is 14.7. The molecule has 1 fully saturated rings. The van der Waals surface area contributed by atoms with Gasteiger partial charge in [-0.05, 0) is 31.6 Å². The number of carbonyl (C=O) groups is 1. The second-order valence-corrected chi connectivity index (χ2v) is 6.22. The van der Waals surface area contributed by atoms with Crippen LogP contribution in [0.3, 0.4) is 0 Å². The van der Waals surface area contributed by atoms with Crippen molar-refractivity contribution in [3.63, 3.8) is 0 Å². The monoisotopic (exact) mass is 277 g/mol. The molecule has 1 heterocycles. The summed E-state index contributed by atoms with van der Waals surface area (Å²) in [7, 11) is 1.85.